The molecule has 2 N–H and O–H groups in total. The van der Waals surface area contributed by atoms with E-state index in [1.165, 1.54) is 0 Å². The predicted molar refractivity (Wildman–Crippen MR) is 73.6 cm³/mol. The Morgan fingerprint density at radius 3 is 2.10 bits per heavy atom. The maximum absolute atomic E-state index is 12.8. The largest absolute Gasteiger partial charge is 0.459 e. The van der Waals surface area contributed by atoms with E-state index in [4.69, 9.17) is 10.5 Å². The van der Waals surface area contributed by atoms with Gasteiger partial charge in [-0.2, -0.15) is 13.2 Å². The second-order valence-electron chi connectivity index (χ2n) is 6.11. The number of rotatable bonds is 4. The van der Waals surface area contributed by atoms with Gasteiger partial charge in [0.2, 0.25) is 0 Å². The molecule has 1 rings (SSSR count). The molecule has 118 valence electrons. The Morgan fingerprint density at radius 1 is 1.14 bits per heavy atom. The zero-order chi connectivity index (χ0) is 16.3. The first kappa shape index (κ1) is 17.5. The number of hydrogen-bond donors (Lipinski definition) is 1. The molecule has 1 atom stereocenters. The normalized spacial score (nSPS) is 15.4. The van der Waals surface area contributed by atoms with Crippen molar-refractivity contribution in [2.75, 3.05) is 0 Å². The van der Waals surface area contributed by atoms with E-state index in [9.17, 15) is 18.0 Å². The zero-order valence-corrected chi connectivity index (χ0v) is 12.3. The first-order valence-corrected chi connectivity index (χ1v) is 6.54. The van der Waals surface area contributed by atoms with Crippen molar-refractivity contribution >= 4 is 5.97 Å². The van der Waals surface area contributed by atoms with E-state index < -0.39 is 29.7 Å². The fraction of sp³-hybridized carbons (Fsp3) is 0.533. The molecule has 0 aliphatic carbocycles. The Morgan fingerprint density at radius 2 is 1.67 bits per heavy atom. The molecule has 3 nitrogen and oxygen atoms in total. The van der Waals surface area contributed by atoms with Gasteiger partial charge in [-0.1, -0.05) is 30.3 Å². The van der Waals surface area contributed by atoms with Crippen LogP contribution in [0, 0.1) is 0 Å². The number of carbonyl (C=O) groups is 1. The molecule has 0 radical (unpaired) electrons. The minimum atomic E-state index is -4.56. The van der Waals surface area contributed by atoms with Gasteiger partial charge in [0.1, 0.15) is 11.1 Å². The van der Waals surface area contributed by atoms with Crippen LogP contribution in [0.4, 0.5) is 13.2 Å². The predicted octanol–water partition coefficient (Wildman–Crippen LogP) is 3.22. The first-order valence-electron chi connectivity index (χ1n) is 6.54. The summed E-state index contributed by atoms with van der Waals surface area (Å²) in [5, 5.41) is 0. The van der Waals surface area contributed by atoms with Crippen LogP contribution < -0.4 is 5.73 Å². The van der Waals surface area contributed by atoms with Crippen LogP contribution in [-0.2, 0) is 16.0 Å². The molecule has 0 spiro atoms. The van der Waals surface area contributed by atoms with Crippen molar-refractivity contribution in [3.63, 3.8) is 0 Å². The monoisotopic (exact) mass is 303 g/mol. The summed E-state index contributed by atoms with van der Waals surface area (Å²) in [6.07, 6.45) is -6.22. The Labute approximate surface area is 122 Å². The number of benzene rings is 1. The van der Waals surface area contributed by atoms with Gasteiger partial charge in [0.25, 0.3) is 0 Å². The molecule has 1 aromatic carbocycles. The van der Waals surface area contributed by atoms with Crippen LogP contribution >= 0.6 is 0 Å². The molecular weight excluding hydrogens is 283 g/mol. The molecule has 0 unspecified atom stereocenters. The summed E-state index contributed by atoms with van der Waals surface area (Å²) in [6, 6.07) is 8.35. The standard InChI is InChI=1S/C15H20F3NO2/c1-13(2,3)21-12(20)14(19,10-15(16,17)18)9-11-7-5-4-6-8-11/h4-8H,9-10,19H2,1-3H3/t14-/m0/s1. The average molecular weight is 303 g/mol. The van der Waals surface area contributed by atoms with Crippen LogP contribution in [-0.4, -0.2) is 23.3 Å². The molecule has 0 fully saturated rings. The number of carbonyl (C=O) groups excluding carboxylic acids is 1. The molecule has 0 aliphatic heterocycles. The van der Waals surface area contributed by atoms with Crippen molar-refractivity contribution in [3.05, 3.63) is 35.9 Å². The van der Waals surface area contributed by atoms with Crippen molar-refractivity contribution in [1.29, 1.82) is 0 Å². The summed E-state index contributed by atoms with van der Waals surface area (Å²) in [5.74, 6) is -1.05. The van der Waals surface area contributed by atoms with Gasteiger partial charge >= 0.3 is 12.1 Å². The lowest BCUT2D eigenvalue weighted by molar-refractivity contribution is -0.179. The van der Waals surface area contributed by atoms with Gasteiger partial charge in [0, 0.05) is 6.42 Å². The fourth-order valence-corrected chi connectivity index (χ4v) is 1.90. The molecule has 0 aromatic heterocycles. The minimum Gasteiger partial charge on any atom is -0.459 e. The Hall–Kier alpha value is -1.56. The second kappa shape index (κ2) is 6.05. The number of nitrogens with two attached hydrogens (primary N) is 1. The van der Waals surface area contributed by atoms with Crippen LogP contribution in [0.5, 0.6) is 0 Å². The fourth-order valence-electron chi connectivity index (χ4n) is 1.90. The van der Waals surface area contributed by atoms with Crippen LogP contribution in [0.25, 0.3) is 0 Å². The maximum atomic E-state index is 12.8. The summed E-state index contributed by atoms with van der Waals surface area (Å²) < 4.78 is 43.3. The highest BCUT2D eigenvalue weighted by molar-refractivity contribution is 5.81. The summed E-state index contributed by atoms with van der Waals surface area (Å²) in [5.41, 5.74) is 3.29. The lowest BCUT2D eigenvalue weighted by Crippen LogP contribution is -2.55. The van der Waals surface area contributed by atoms with E-state index in [-0.39, 0.29) is 6.42 Å². The molecule has 21 heavy (non-hydrogen) atoms. The van der Waals surface area contributed by atoms with Crippen LogP contribution in [0.15, 0.2) is 30.3 Å². The Bertz CT molecular complexity index is 480. The molecule has 0 heterocycles. The van der Waals surface area contributed by atoms with Crippen molar-refractivity contribution in [2.45, 2.75) is 50.9 Å². The number of alkyl halides is 3. The van der Waals surface area contributed by atoms with Gasteiger partial charge in [0.15, 0.2) is 0 Å². The minimum absolute atomic E-state index is 0.234. The van der Waals surface area contributed by atoms with Crippen LogP contribution in [0.2, 0.25) is 0 Å². The molecule has 0 bridgehead atoms. The van der Waals surface area contributed by atoms with Gasteiger partial charge in [-0.25, -0.2) is 0 Å². The molecule has 6 heteroatoms. The van der Waals surface area contributed by atoms with Gasteiger partial charge in [0.05, 0.1) is 6.42 Å². The summed E-state index contributed by atoms with van der Waals surface area (Å²) in [6.45, 7) is 4.75. The third-order valence-corrected chi connectivity index (χ3v) is 2.68. The SMILES string of the molecule is CC(C)(C)OC(=O)[C@](N)(Cc1ccccc1)CC(F)(F)F. The third kappa shape index (κ3) is 6.16. The Kier molecular flexibility index (Phi) is 5.04. The summed E-state index contributed by atoms with van der Waals surface area (Å²) in [4.78, 5) is 12.1. The zero-order valence-electron chi connectivity index (χ0n) is 12.3. The van der Waals surface area contributed by atoms with E-state index in [1.807, 2.05) is 0 Å². The quantitative estimate of drug-likeness (QED) is 0.869. The highest BCUT2D eigenvalue weighted by Crippen LogP contribution is 2.30. The molecule has 0 amide bonds. The van der Waals surface area contributed by atoms with Gasteiger partial charge in [-0.3, -0.25) is 4.79 Å². The van der Waals surface area contributed by atoms with E-state index in [0.717, 1.165) is 0 Å². The van der Waals surface area contributed by atoms with Gasteiger partial charge in [-0.05, 0) is 26.3 Å². The van der Waals surface area contributed by atoms with Gasteiger partial charge in [-0.15, -0.1) is 0 Å². The van der Waals surface area contributed by atoms with Crippen molar-refractivity contribution in [3.8, 4) is 0 Å². The number of esters is 1. The maximum Gasteiger partial charge on any atom is 0.391 e. The summed E-state index contributed by atoms with van der Waals surface area (Å²) >= 11 is 0. The lowest BCUT2D eigenvalue weighted by Gasteiger charge is -2.32. The van der Waals surface area contributed by atoms with Crippen molar-refractivity contribution in [1.82, 2.24) is 0 Å². The topological polar surface area (TPSA) is 52.3 Å². The summed E-state index contributed by atoms with van der Waals surface area (Å²) in [7, 11) is 0. The highest BCUT2D eigenvalue weighted by atomic mass is 19.4. The van der Waals surface area contributed by atoms with Crippen LogP contribution in [0.3, 0.4) is 0 Å². The number of ether oxygens (including phenoxy) is 1. The van der Waals surface area contributed by atoms with E-state index >= 15 is 0 Å². The smallest absolute Gasteiger partial charge is 0.391 e. The van der Waals surface area contributed by atoms with E-state index in [1.54, 1.807) is 51.1 Å². The number of halogens is 3. The lowest BCUT2D eigenvalue weighted by atomic mass is 9.88. The number of hydrogen-bond acceptors (Lipinski definition) is 3. The van der Waals surface area contributed by atoms with Gasteiger partial charge < -0.3 is 10.5 Å². The molecule has 1 aromatic rings. The first-order chi connectivity index (χ1) is 9.41. The van der Waals surface area contributed by atoms with E-state index in [2.05, 4.69) is 0 Å². The Balaban J connectivity index is 3.02. The molecule has 0 aliphatic rings. The van der Waals surface area contributed by atoms with Crippen molar-refractivity contribution in [2.24, 2.45) is 5.73 Å². The second-order valence-corrected chi connectivity index (χ2v) is 6.11. The molecule has 0 saturated carbocycles. The third-order valence-electron chi connectivity index (χ3n) is 2.68. The van der Waals surface area contributed by atoms with E-state index in [0.29, 0.717) is 5.56 Å². The molecule has 0 saturated heterocycles. The molecular formula is C15H20F3NO2. The highest BCUT2D eigenvalue weighted by Gasteiger charge is 2.47. The van der Waals surface area contributed by atoms with Crippen LogP contribution in [0.1, 0.15) is 32.8 Å². The van der Waals surface area contributed by atoms with Crippen molar-refractivity contribution < 1.29 is 22.7 Å². The average Bonchev–Trinajstić information content (AvgIpc) is 2.25.